The van der Waals surface area contributed by atoms with E-state index in [0.29, 0.717) is 23.4 Å². The molecular formula is C20H19N5O3. The zero-order valence-electron chi connectivity index (χ0n) is 15.4. The Labute approximate surface area is 160 Å². The molecule has 0 unspecified atom stereocenters. The molecule has 0 atom stereocenters. The average molecular weight is 377 g/mol. The Morgan fingerprint density at radius 1 is 1.00 bits per heavy atom. The van der Waals surface area contributed by atoms with Crippen molar-refractivity contribution in [1.29, 1.82) is 0 Å². The van der Waals surface area contributed by atoms with Crippen molar-refractivity contribution in [2.24, 2.45) is 0 Å². The number of para-hydroxylation sites is 1. The maximum Gasteiger partial charge on any atom is 0.296 e. The Morgan fingerprint density at radius 3 is 2.71 bits per heavy atom. The van der Waals surface area contributed by atoms with Crippen molar-refractivity contribution in [3.63, 3.8) is 0 Å². The SMILES string of the molecule is CNc1cc(-c2noc(-c3cc(C4CCOCC4)no3)n2)c2ccccc2n1. The van der Waals surface area contributed by atoms with Crippen LogP contribution in [0.15, 0.2) is 45.4 Å². The van der Waals surface area contributed by atoms with Crippen molar-refractivity contribution >= 4 is 16.7 Å². The van der Waals surface area contributed by atoms with Gasteiger partial charge in [0.25, 0.3) is 5.89 Å². The topological polar surface area (TPSA) is 99.1 Å². The number of hydrogen-bond donors (Lipinski definition) is 1. The molecule has 0 bridgehead atoms. The molecule has 1 aliphatic heterocycles. The maximum atomic E-state index is 5.47. The fourth-order valence-electron chi connectivity index (χ4n) is 3.50. The van der Waals surface area contributed by atoms with Crippen LogP contribution in [0.25, 0.3) is 33.9 Å². The summed E-state index contributed by atoms with van der Waals surface area (Å²) in [5.41, 5.74) is 2.61. The lowest BCUT2D eigenvalue weighted by molar-refractivity contribution is 0.0838. The molecule has 5 rings (SSSR count). The molecular weight excluding hydrogens is 358 g/mol. The fraction of sp³-hybridized carbons (Fsp3) is 0.300. The number of anilines is 1. The molecule has 0 radical (unpaired) electrons. The molecule has 4 aromatic rings. The second-order valence-electron chi connectivity index (χ2n) is 6.75. The minimum absolute atomic E-state index is 0.313. The summed E-state index contributed by atoms with van der Waals surface area (Å²) in [5.74, 6) is 2.35. The number of nitrogens with one attached hydrogen (secondary N) is 1. The van der Waals surface area contributed by atoms with E-state index in [1.54, 1.807) is 0 Å². The molecule has 8 heteroatoms. The van der Waals surface area contributed by atoms with Gasteiger partial charge in [0, 0.05) is 43.2 Å². The molecule has 1 saturated heterocycles. The molecule has 8 nitrogen and oxygen atoms in total. The monoisotopic (exact) mass is 377 g/mol. The van der Waals surface area contributed by atoms with Crippen LogP contribution in [0.5, 0.6) is 0 Å². The summed E-state index contributed by atoms with van der Waals surface area (Å²) in [5, 5.41) is 12.4. The number of aromatic nitrogens is 4. The Morgan fingerprint density at radius 2 is 1.86 bits per heavy atom. The molecule has 4 heterocycles. The van der Waals surface area contributed by atoms with Crippen LogP contribution in [0.4, 0.5) is 5.82 Å². The van der Waals surface area contributed by atoms with Gasteiger partial charge in [0.05, 0.1) is 11.2 Å². The van der Waals surface area contributed by atoms with Crippen LogP contribution in [-0.2, 0) is 4.74 Å². The van der Waals surface area contributed by atoms with Crippen LogP contribution in [0.2, 0.25) is 0 Å². The van der Waals surface area contributed by atoms with Crippen LogP contribution >= 0.6 is 0 Å². The van der Waals surface area contributed by atoms with Gasteiger partial charge in [-0.1, -0.05) is 28.5 Å². The van der Waals surface area contributed by atoms with E-state index in [1.807, 2.05) is 43.4 Å². The molecule has 0 saturated carbocycles. The molecule has 1 aliphatic rings. The zero-order chi connectivity index (χ0) is 18.9. The lowest BCUT2D eigenvalue weighted by Crippen LogP contribution is -2.14. The first-order valence-electron chi connectivity index (χ1n) is 9.28. The Hall–Kier alpha value is -3.26. The highest BCUT2D eigenvalue weighted by molar-refractivity contribution is 5.94. The first-order chi connectivity index (χ1) is 13.8. The predicted molar refractivity (Wildman–Crippen MR) is 103 cm³/mol. The Kier molecular flexibility index (Phi) is 4.25. The second kappa shape index (κ2) is 7.05. The van der Waals surface area contributed by atoms with E-state index in [-0.39, 0.29) is 0 Å². The van der Waals surface area contributed by atoms with E-state index in [1.165, 1.54) is 0 Å². The molecule has 1 N–H and O–H groups in total. The first-order valence-corrected chi connectivity index (χ1v) is 9.28. The zero-order valence-corrected chi connectivity index (χ0v) is 15.4. The Bertz CT molecular complexity index is 1110. The molecule has 142 valence electrons. The fourth-order valence-corrected chi connectivity index (χ4v) is 3.50. The molecule has 0 spiro atoms. The minimum Gasteiger partial charge on any atom is -0.381 e. The summed E-state index contributed by atoms with van der Waals surface area (Å²) in [4.78, 5) is 9.11. The lowest BCUT2D eigenvalue weighted by Gasteiger charge is -2.19. The van der Waals surface area contributed by atoms with Crippen molar-refractivity contribution in [3.05, 3.63) is 42.1 Å². The van der Waals surface area contributed by atoms with Crippen LogP contribution in [-0.4, -0.2) is 40.5 Å². The number of ether oxygens (including phenoxy) is 1. The largest absolute Gasteiger partial charge is 0.381 e. The van der Waals surface area contributed by atoms with Gasteiger partial charge in [-0.05, 0) is 25.0 Å². The van der Waals surface area contributed by atoms with Gasteiger partial charge >= 0.3 is 0 Å². The van der Waals surface area contributed by atoms with Gasteiger partial charge in [-0.2, -0.15) is 4.98 Å². The highest BCUT2D eigenvalue weighted by atomic mass is 16.5. The summed E-state index contributed by atoms with van der Waals surface area (Å²) in [6, 6.07) is 11.7. The summed E-state index contributed by atoms with van der Waals surface area (Å²) >= 11 is 0. The third kappa shape index (κ3) is 3.01. The van der Waals surface area contributed by atoms with Crippen molar-refractivity contribution in [3.8, 4) is 23.0 Å². The van der Waals surface area contributed by atoms with Crippen molar-refractivity contribution < 1.29 is 13.8 Å². The quantitative estimate of drug-likeness (QED) is 0.572. The number of rotatable bonds is 4. The van der Waals surface area contributed by atoms with Crippen LogP contribution in [0.1, 0.15) is 24.5 Å². The molecule has 28 heavy (non-hydrogen) atoms. The van der Waals surface area contributed by atoms with Crippen molar-refractivity contribution in [2.45, 2.75) is 18.8 Å². The standard InChI is InChI=1S/C20H19N5O3/c1-21-18-10-14(13-4-2-3-5-15(13)22-18)19-23-20(28-25-19)17-11-16(24-27-17)12-6-8-26-9-7-12/h2-5,10-12H,6-9H2,1H3,(H,21,22). The van der Waals surface area contributed by atoms with Gasteiger partial charge in [-0.25, -0.2) is 4.98 Å². The van der Waals surface area contributed by atoms with E-state index in [2.05, 4.69) is 25.6 Å². The normalized spacial score (nSPS) is 15.2. The van der Waals surface area contributed by atoms with Gasteiger partial charge in [-0.3, -0.25) is 0 Å². The number of fused-ring (bicyclic) bond motifs is 1. The minimum atomic E-state index is 0.313. The van der Waals surface area contributed by atoms with E-state index in [0.717, 1.165) is 54.0 Å². The summed E-state index contributed by atoms with van der Waals surface area (Å²) in [6.07, 6.45) is 1.88. The third-order valence-corrected chi connectivity index (χ3v) is 5.02. The number of pyridine rings is 1. The molecule has 0 amide bonds. The van der Waals surface area contributed by atoms with Gasteiger partial charge < -0.3 is 19.1 Å². The molecule has 0 aliphatic carbocycles. The summed E-state index contributed by atoms with van der Waals surface area (Å²) in [7, 11) is 1.83. The van der Waals surface area contributed by atoms with Crippen LogP contribution in [0.3, 0.4) is 0 Å². The van der Waals surface area contributed by atoms with Gasteiger partial charge in [0.1, 0.15) is 5.82 Å². The number of hydrogen-bond acceptors (Lipinski definition) is 8. The third-order valence-electron chi connectivity index (χ3n) is 5.02. The number of nitrogens with zero attached hydrogens (tertiary/aromatic N) is 4. The summed E-state index contributed by atoms with van der Waals surface area (Å²) < 4.78 is 16.4. The lowest BCUT2D eigenvalue weighted by atomic mass is 9.96. The first kappa shape index (κ1) is 16.9. The van der Waals surface area contributed by atoms with Gasteiger partial charge in [0.15, 0.2) is 0 Å². The number of benzene rings is 1. The van der Waals surface area contributed by atoms with Crippen LogP contribution in [0, 0.1) is 0 Å². The average Bonchev–Trinajstić information content (AvgIpc) is 3.43. The van der Waals surface area contributed by atoms with E-state index >= 15 is 0 Å². The van der Waals surface area contributed by atoms with E-state index in [4.69, 9.17) is 13.8 Å². The highest BCUT2D eigenvalue weighted by Crippen LogP contribution is 2.32. The summed E-state index contributed by atoms with van der Waals surface area (Å²) in [6.45, 7) is 1.50. The van der Waals surface area contributed by atoms with Crippen molar-refractivity contribution in [2.75, 3.05) is 25.6 Å². The Balaban J connectivity index is 1.50. The molecule has 1 aromatic carbocycles. The molecule has 3 aromatic heterocycles. The predicted octanol–water partition coefficient (Wildman–Crippen LogP) is 3.88. The van der Waals surface area contributed by atoms with Crippen LogP contribution < -0.4 is 5.32 Å². The second-order valence-corrected chi connectivity index (χ2v) is 6.75. The van der Waals surface area contributed by atoms with Crippen molar-refractivity contribution in [1.82, 2.24) is 20.3 Å². The van der Waals surface area contributed by atoms with E-state index < -0.39 is 0 Å². The van der Waals surface area contributed by atoms with Gasteiger partial charge in [0.2, 0.25) is 11.6 Å². The maximum absolute atomic E-state index is 5.47. The van der Waals surface area contributed by atoms with E-state index in [9.17, 15) is 0 Å². The highest BCUT2D eigenvalue weighted by Gasteiger charge is 2.23. The van der Waals surface area contributed by atoms with Gasteiger partial charge in [-0.15, -0.1) is 0 Å². The molecule has 1 fully saturated rings. The smallest absolute Gasteiger partial charge is 0.296 e.